The molecule has 8 heteroatoms. The Balaban J connectivity index is 2.19. The first-order valence-electron chi connectivity index (χ1n) is 6.96. The lowest BCUT2D eigenvalue weighted by molar-refractivity contribution is -0.144. The van der Waals surface area contributed by atoms with E-state index in [1.165, 1.54) is 13.1 Å². The van der Waals surface area contributed by atoms with Crippen LogP contribution in [0.5, 0.6) is 0 Å². The normalized spacial score (nSPS) is 22.3. The number of hydrogen-bond acceptors (Lipinski definition) is 5. The predicted octanol–water partition coefficient (Wildman–Crippen LogP) is 3.62. The van der Waals surface area contributed by atoms with E-state index in [-0.39, 0.29) is 17.7 Å². The van der Waals surface area contributed by atoms with E-state index in [4.69, 9.17) is 0 Å². The number of thioether (sulfide) groups is 1. The molecule has 1 saturated carbocycles. The van der Waals surface area contributed by atoms with Crippen LogP contribution in [-0.4, -0.2) is 34.1 Å². The number of aromatic nitrogens is 2. The van der Waals surface area contributed by atoms with Gasteiger partial charge in [-0.15, -0.1) is 0 Å². The molecule has 118 valence electrons. The Morgan fingerprint density at radius 1 is 1.29 bits per heavy atom. The number of halogens is 3. The molecule has 1 aromatic heterocycles. The fourth-order valence-electron chi connectivity index (χ4n) is 2.47. The van der Waals surface area contributed by atoms with Crippen LogP contribution in [-0.2, 0) is 6.18 Å². The molecule has 1 aliphatic rings. The van der Waals surface area contributed by atoms with E-state index in [0.29, 0.717) is 5.25 Å². The second-order valence-corrected chi connectivity index (χ2v) is 6.40. The molecule has 0 saturated heterocycles. The standard InChI is InChI=1S/C13H19F3N4S/c1-3-21-9-6-4-5-8(9)18-11-7-10(17-2)19-12(20-11)13(14,15)16/h7-9H,3-6H2,1-2H3,(H2,17,18,19,20). The third-order valence-electron chi connectivity index (χ3n) is 3.40. The third kappa shape index (κ3) is 4.15. The molecule has 2 atom stereocenters. The van der Waals surface area contributed by atoms with Crippen molar-refractivity contribution >= 4 is 23.4 Å². The summed E-state index contributed by atoms with van der Waals surface area (Å²) in [5, 5.41) is 6.22. The van der Waals surface area contributed by atoms with Crippen molar-refractivity contribution in [2.45, 2.75) is 43.7 Å². The number of nitrogens with zero attached hydrogens (tertiary/aromatic N) is 2. The zero-order valence-electron chi connectivity index (χ0n) is 12.0. The molecule has 2 rings (SSSR count). The maximum Gasteiger partial charge on any atom is 0.451 e. The van der Waals surface area contributed by atoms with Crippen LogP contribution >= 0.6 is 11.8 Å². The zero-order valence-corrected chi connectivity index (χ0v) is 12.8. The van der Waals surface area contributed by atoms with Crippen LogP contribution in [0.4, 0.5) is 24.8 Å². The second kappa shape index (κ2) is 6.72. The van der Waals surface area contributed by atoms with Gasteiger partial charge in [-0.2, -0.15) is 24.9 Å². The first kappa shape index (κ1) is 16.2. The summed E-state index contributed by atoms with van der Waals surface area (Å²) in [6.45, 7) is 2.09. The highest BCUT2D eigenvalue weighted by atomic mass is 32.2. The maximum absolute atomic E-state index is 12.8. The Bertz CT molecular complexity index is 481. The molecule has 2 unspecified atom stereocenters. The fourth-order valence-corrected chi connectivity index (χ4v) is 3.67. The molecule has 0 radical (unpaired) electrons. The summed E-state index contributed by atoms with van der Waals surface area (Å²) in [7, 11) is 1.54. The molecule has 1 heterocycles. The molecule has 1 aromatic rings. The van der Waals surface area contributed by atoms with Crippen molar-refractivity contribution in [1.29, 1.82) is 0 Å². The predicted molar refractivity (Wildman–Crippen MR) is 79.8 cm³/mol. The van der Waals surface area contributed by atoms with Gasteiger partial charge in [0, 0.05) is 24.4 Å². The monoisotopic (exact) mass is 320 g/mol. The van der Waals surface area contributed by atoms with Crippen LogP contribution in [0.3, 0.4) is 0 Å². The van der Waals surface area contributed by atoms with Crippen LogP contribution in [0.25, 0.3) is 0 Å². The molecule has 0 spiro atoms. The van der Waals surface area contributed by atoms with Gasteiger partial charge < -0.3 is 10.6 Å². The maximum atomic E-state index is 12.8. The molecule has 0 aromatic carbocycles. The van der Waals surface area contributed by atoms with Crippen LogP contribution in [0.1, 0.15) is 32.0 Å². The first-order chi connectivity index (χ1) is 9.94. The van der Waals surface area contributed by atoms with Crippen LogP contribution in [0, 0.1) is 0 Å². The highest BCUT2D eigenvalue weighted by Crippen LogP contribution is 2.33. The third-order valence-corrected chi connectivity index (χ3v) is 4.73. The van der Waals surface area contributed by atoms with E-state index in [0.717, 1.165) is 25.0 Å². The quantitative estimate of drug-likeness (QED) is 0.868. The Morgan fingerprint density at radius 2 is 2.00 bits per heavy atom. The van der Waals surface area contributed by atoms with Crippen LogP contribution in [0.2, 0.25) is 0 Å². The van der Waals surface area contributed by atoms with Crippen molar-refractivity contribution in [2.24, 2.45) is 0 Å². The van der Waals surface area contributed by atoms with E-state index < -0.39 is 12.0 Å². The van der Waals surface area contributed by atoms with Gasteiger partial charge in [-0.25, -0.2) is 9.97 Å². The van der Waals surface area contributed by atoms with Gasteiger partial charge in [0.25, 0.3) is 0 Å². The van der Waals surface area contributed by atoms with Gasteiger partial charge in [-0.3, -0.25) is 0 Å². The van der Waals surface area contributed by atoms with Gasteiger partial charge in [-0.05, 0) is 18.6 Å². The highest BCUT2D eigenvalue weighted by molar-refractivity contribution is 7.99. The van der Waals surface area contributed by atoms with E-state index in [9.17, 15) is 13.2 Å². The molecule has 21 heavy (non-hydrogen) atoms. The second-order valence-electron chi connectivity index (χ2n) is 4.89. The minimum atomic E-state index is -4.55. The number of anilines is 2. The van der Waals surface area contributed by atoms with E-state index in [2.05, 4.69) is 27.5 Å². The lowest BCUT2D eigenvalue weighted by Gasteiger charge is -2.21. The summed E-state index contributed by atoms with van der Waals surface area (Å²) in [6, 6.07) is 1.68. The lowest BCUT2D eigenvalue weighted by Crippen LogP contribution is -2.27. The van der Waals surface area contributed by atoms with Crippen molar-refractivity contribution in [1.82, 2.24) is 9.97 Å². The summed E-state index contributed by atoms with van der Waals surface area (Å²) in [5.74, 6) is 0.282. The Hall–Kier alpha value is -1.18. The average Bonchev–Trinajstić information content (AvgIpc) is 2.85. The molecule has 2 N–H and O–H groups in total. The van der Waals surface area contributed by atoms with Crippen molar-refractivity contribution < 1.29 is 13.2 Å². The van der Waals surface area contributed by atoms with Crippen molar-refractivity contribution in [2.75, 3.05) is 23.4 Å². The van der Waals surface area contributed by atoms with Crippen molar-refractivity contribution in [3.05, 3.63) is 11.9 Å². The summed E-state index contributed by atoms with van der Waals surface area (Å²) >= 11 is 1.84. The molecule has 1 fully saturated rings. The number of rotatable bonds is 5. The van der Waals surface area contributed by atoms with Crippen molar-refractivity contribution in [3.63, 3.8) is 0 Å². The van der Waals surface area contributed by atoms with Gasteiger partial charge in [0.1, 0.15) is 11.6 Å². The molecule has 4 nitrogen and oxygen atoms in total. The molecule has 0 bridgehead atoms. The van der Waals surface area contributed by atoms with E-state index >= 15 is 0 Å². The first-order valence-corrected chi connectivity index (χ1v) is 8.01. The molecule has 0 aliphatic heterocycles. The van der Waals surface area contributed by atoms with E-state index in [1.54, 1.807) is 0 Å². The van der Waals surface area contributed by atoms with Crippen LogP contribution in [0.15, 0.2) is 6.07 Å². The van der Waals surface area contributed by atoms with Crippen molar-refractivity contribution in [3.8, 4) is 0 Å². The number of alkyl halides is 3. The summed E-state index contributed by atoms with van der Waals surface area (Å²) in [5.41, 5.74) is 0. The summed E-state index contributed by atoms with van der Waals surface area (Å²) < 4.78 is 38.4. The Kier molecular flexibility index (Phi) is 5.18. The zero-order chi connectivity index (χ0) is 15.5. The molecule has 0 amide bonds. The minimum absolute atomic E-state index is 0.163. The van der Waals surface area contributed by atoms with Gasteiger partial charge in [0.2, 0.25) is 5.82 Å². The highest BCUT2D eigenvalue weighted by Gasteiger charge is 2.36. The molecule has 1 aliphatic carbocycles. The Morgan fingerprint density at radius 3 is 2.62 bits per heavy atom. The summed E-state index contributed by atoms with van der Waals surface area (Å²) in [4.78, 5) is 7.07. The lowest BCUT2D eigenvalue weighted by atomic mass is 10.2. The number of nitrogens with one attached hydrogen (secondary N) is 2. The van der Waals surface area contributed by atoms with E-state index in [1.807, 2.05) is 11.8 Å². The number of hydrogen-bond donors (Lipinski definition) is 2. The minimum Gasteiger partial charge on any atom is -0.373 e. The topological polar surface area (TPSA) is 49.8 Å². The smallest absolute Gasteiger partial charge is 0.373 e. The SMILES string of the molecule is CCSC1CCCC1Nc1cc(NC)nc(C(F)(F)F)n1. The molecular weight excluding hydrogens is 301 g/mol. The molecular formula is C13H19F3N4S. The van der Waals surface area contributed by atoms with Gasteiger partial charge in [-0.1, -0.05) is 13.3 Å². The van der Waals surface area contributed by atoms with Crippen LogP contribution < -0.4 is 10.6 Å². The fraction of sp³-hybridized carbons (Fsp3) is 0.692. The van der Waals surface area contributed by atoms with Gasteiger partial charge in [0.15, 0.2) is 0 Å². The van der Waals surface area contributed by atoms with Gasteiger partial charge in [0.05, 0.1) is 0 Å². The average molecular weight is 320 g/mol. The van der Waals surface area contributed by atoms with Gasteiger partial charge >= 0.3 is 6.18 Å². The summed E-state index contributed by atoms with van der Waals surface area (Å²) in [6.07, 6.45) is -1.41. The largest absolute Gasteiger partial charge is 0.451 e. The Labute approximate surface area is 126 Å².